The molecule has 1 saturated carbocycles. The molecule has 49 heavy (non-hydrogen) atoms. The summed E-state index contributed by atoms with van der Waals surface area (Å²) in [5.41, 5.74) is 4.40. The normalized spacial score (nSPS) is 12.8. The lowest BCUT2D eigenvalue weighted by Crippen LogP contribution is -2.33. The highest BCUT2D eigenvalue weighted by Crippen LogP contribution is 2.33. The number of benzene rings is 2. The number of aromatic amines is 1. The van der Waals surface area contributed by atoms with Crippen molar-refractivity contribution in [3.05, 3.63) is 71.0 Å². The number of nitrogens with zero attached hydrogens (tertiary/aromatic N) is 4. The number of aromatic nitrogens is 3. The molecule has 1 aliphatic rings. The third-order valence-corrected chi connectivity index (χ3v) is 7.53. The van der Waals surface area contributed by atoms with E-state index in [0.29, 0.717) is 23.7 Å². The minimum Gasteiger partial charge on any atom is -0.475 e. The van der Waals surface area contributed by atoms with Crippen LogP contribution in [0, 0.1) is 0 Å². The van der Waals surface area contributed by atoms with E-state index in [0.717, 1.165) is 46.3 Å². The maximum atomic E-state index is 13.5. The molecule has 2 aromatic heterocycles. The average Bonchev–Trinajstić information content (AvgIpc) is 3.52. The van der Waals surface area contributed by atoms with Crippen molar-refractivity contribution in [3.63, 3.8) is 0 Å². The number of carboxylic acids is 2. The lowest BCUT2D eigenvalue weighted by atomic mass is 10.1. The predicted octanol–water partition coefficient (Wildman–Crippen LogP) is 5.05. The first-order valence-corrected chi connectivity index (χ1v) is 15.0. The zero-order valence-corrected chi connectivity index (χ0v) is 26.6. The van der Waals surface area contributed by atoms with Crippen LogP contribution in [0.2, 0.25) is 0 Å². The van der Waals surface area contributed by atoms with Gasteiger partial charge in [-0.3, -0.25) is 14.7 Å². The van der Waals surface area contributed by atoms with Gasteiger partial charge >= 0.3 is 24.3 Å². The van der Waals surface area contributed by atoms with Crippen LogP contribution in [0.5, 0.6) is 0 Å². The van der Waals surface area contributed by atoms with Crippen LogP contribution in [0.4, 0.5) is 26.3 Å². The molecule has 0 saturated heterocycles. The lowest BCUT2D eigenvalue weighted by Gasteiger charge is -2.21. The van der Waals surface area contributed by atoms with Crippen molar-refractivity contribution < 1.29 is 55.7 Å². The first kappa shape index (κ1) is 38.4. The highest BCUT2D eigenvalue weighted by atomic mass is 32.1. The molecule has 2 amide bonds. The maximum Gasteiger partial charge on any atom is 0.490 e. The van der Waals surface area contributed by atoms with Crippen molar-refractivity contribution in [2.45, 2.75) is 37.8 Å². The largest absolute Gasteiger partial charge is 0.490 e. The minimum atomic E-state index is -5.08. The second kappa shape index (κ2) is 16.4. The SMILES string of the molecule is CN(C)CCNC(=O)c1cccc(CN(C(=O)c2nc3ccc(-c4cn[nH]c4)cc3s2)C2CC2)c1.O=C(O)C(F)(F)F.O=C(O)C(F)(F)F. The van der Waals surface area contributed by atoms with E-state index in [4.69, 9.17) is 19.8 Å². The monoisotopic (exact) mass is 716 g/mol. The Morgan fingerprint density at radius 1 is 0.959 bits per heavy atom. The van der Waals surface area contributed by atoms with E-state index in [1.165, 1.54) is 11.3 Å². The second-order valence-corrected chi connectivity index (χ2v) is 11.7. The highest BCUT2D eigenvalue weighted by molar-refractivity contribution is 7.20. The maximum absolute atomic E-state index is 13.5. The fourth-order valence-corrected chi connectivity index (χ4v) is 4.94. The third kappa shape index (κ3) is 11.9. The number of H-pyrrole nitrogens is 1. The minimum absolute atomic E-state index is 0.0561. The van der Waals surface area contributed by atoms with Crippen LogP contribution >= 0.6 is 11.3 Å². The summed E-state index contributed by atoms with van der Waals surface area (Å²) in [4.78, 5) is 52.4. The number of halogens is 6. The molecule has 2 aromatic carbocycles. The van der Waals surface area contributed by atoms with Gasteiger partial charge in [-0.2, -0.15) is 31.4 Å². The quantitative estimate of drug-likeness (QED) is 0.173. The van der Waals surface area contributed by atoms with E-state index in [2.05, 4.69) is 26.6 Å². The van der Waals surface area contributed by atoms with Crippen LogP contribution in [0.3, 0.4) is 0 Å². The van der Waals surface area contributed by atoms with Gasteiger partial charge in [0.1, 0.15) is 0 Å². The number of amides is 2. The number of thiazole rings is 1. The molecule has 0 aliphatic heterocycles. The lowest BCUT2D eigenvalue weighted by molar-refractivity contribution is -0.193. The third-order valence-electron chi connectivity index (χ3n) is 6.52. The summed E-state index contributed by atoms with van der Waals surface area (Å²) in [6.45, 7) is 1.82. The zero-order valence-electron chi connectivity index (χ0n) is 25.8. The van der Waals surface area contributed by atoms with Gasteiger partial charge in [0, 0.05) is 43.0 Å². The number of hydrogen-bond acceptors (Lipinski definition) is 8. The fraction of sp³-hybridized carbons (Fsp3) is 0.333. The van der Waals surface area contributed by atoms with Crippen LogP contribution in [-0.2, 0) is 16.1 Å². The molecular formula is C30H30F6N6O6S. The molecule has 2 heterocycles. The fourth-order valence-electron chi connectivity index (χ4n) is 3.98. The number of carbonyl (C=O) groups is 4. The Balaban J connectivity index is 0.000000392. The molecule has 12 nitrogen and oxygen atoms in total. The molecule has 19 heteroatoms. The van der Waals surface area contributed by atoms with E-state index in [1.807, 2.05) is 66.5 Å². The molecule has 5 rings (SSSR count). The van der Waals surface area contributed by atoms with Gasteiger partial charge in [0.2, 0.25) is 0 Å². The number of hydrogen-bond donors (Lipinski definition) is 4. The molecule has 0 bridgehead atoms. The van der Waals surface area contributed by atoms with Crippen molar-refractivity contribution >= 4 is 45.3 Å². The summed E-state index contributed by atoms with van der Waals surface area (Å²) in [6, 6.07) is 13.7. The topological polar surface area (TPSA) is 169 Å². The molecule has 0 atom stereocenters. The van der Waals surface area contributed by atoms with Crippen molar-refractivity contribution in [1.29, 1.82) is 0 Å². The number of fused-ring (bicyclic) bond motifs is 1. The summed E-state index contributed by atoms with van der Waals surface area (Å²) in [5, 5.41) is 24.5. The summed E-state index contributed by atoms with van der Waals surface area (Å²) in [6.07, 6.45) is -4.56. The van der Waals surface area contributed by atoms with Crippen molar-refractivity contribution in [3.8, 4) is 11.1 Å². The Kier molecular flexibility index (Phi) is 12.8. The number of carboxylic acid groups (broad SMARTS) is 2. The number of carbonyl (C=O) groups excluding carboxylic acids is 2. The van der Waals surface area contributed by atoms with Crippen LogP contribution in [-0.4, -0.2) is 105 Å². The summed E-state index contributed by atoms with van der Waals surface area (Å²) in [5.74, 6) is -5.67. The van der Waals surface area contributed by atoms with Gasteiger partial charge in [0.05, 0.1) is 16.4 Å². The number of nitrogens with one attached hydrogen (secondary N) is 2. The second-order valence-electron chi connectivity index (χ2n) is 10.7. The number of rotatable bonds is 9. The number of likely N-dealkylation sites (N-methyl/N-ethyl adjacent to an activating group) is 1. The summed E-state index contributed by atoms with van der Waals surface area (Å²) in [7, 11) is 3.94. The average molecular weight is 717 g/mol. The standard InChI is InChI=1S/C26H28N6O2S.2C2HF3O2/c1-31(2)11-10-27-24(33)19-5-3-4-17(12-19)16-32(21-7-8-21)26(34)25-30-22-9-6-18(13-23(22)35-25)20-14-28-29-15-20;2*3-2(4,5)1(6)7/h3-6,9,12-15,21H,7-8,10-11,16H2,1-2H3,(H,27,33)(H,28,29);2*(H,6,7). The molecule has 264 valence electrons. The Morgan fingerprint density at radius 3 is 2.12 bits per heavy atom. The molecule has 1 fully saturated rings. The first-order valence-electron chi connectivity index (χ1n) is 14.2. The van der Waals surface area contributed by atoms with Crippen molar-refractivity contribution in [1.82, 2.24) is 30.3 Å². The van der Waals surface area contributed by atoms with Gasteiger partial charge in [-0.05, 0) is 62.3 Å². The van der Waals surface area contributed by atoms with Gasteiger partial charge < -0.3 is 25.3 Å². The van der Waals surface area contributed by atoms with E-state index < -0.39 is 24.3 Å². The van der Waals surface area contributed by atoms with E-state index in [1.54, 1.807) is 6.20 Å². The number of aliphatic carboxylic acids is 2. The van der Waals surface area contributed by atoms with Gasteiger partial charge in [0.25, 0.3) is 11.8 Å². The van der Waals surface area contributed by atoms with Gasteiger partial charge in [0.15, 0.2) is 5.01 Å². The molecular weight excluding hydrogens is 686 g/mol. The van der Waals surface area contributed by atoms with Gasteiger partial charge in [-0.25, -0.2) is 14.6 Å². The Morgan fingerprint density at radius 2 is 1.59 bits per heavy atom. The molecule has 4 N–H and O–H groups in total. The first-order chi connectivity index (χ1) is 22.9. The van der Waals surface area contributed by atoms with E-state index >= 15 is 0 Å². The Bertz CT molecular complexity index is 1730. The van der Waals surface area contributed by atoms with Crippen LogP contribution in [0.1, 0.15) is 38.6 Å². The van der Waals surface area contributed by atoms with Crippen molar-refractivity contribution in [2.24, 2.45) is 0 Å². The van der Waals surface area contributed by atoms with E-state index in [9.17, 15) is 35.9 Å². The van der Waals surface area contributed by atoms with Crippen molar-refractivity contribution in [2.75, 3.05) is 27.2 Å². The predicted molar refractivity (Wildman–Crippen MR) is 165 cm³/mol. The number of alkyl halides is 6. The van der Waals surface area contributed by atoms with Gasteiger partial charge in [-0.1, -0.05) is 18.2 Å². The van der Waals surface area contributed by atoms with E-state index in [-0.39, 0.29) is 17.9 Å². The van der Waals surface area contributed by atoms with Crippen LogP contribution < -0.4 is 5.32 Å². The molecule has 4 aromatic rings. The Labute approximate surface area is 278 Å². The van der Waals surface area contributed by atoms with Gasteiger partial charge in [-0.15, -0.1) is 11.3 Å². The molecule has 0 spiro atoms. The van der Waals surface area contributed by atoms with Crippen LogP contribution in [0.15, 0.2) is 54.9 Å². The smallest absolute Gasteiger partial charge is 0.475 e. The summed E-state index contributed by atoms with van der Waals surface area (Å²) >= 11 is 1.42. The molecule has 0 radical (unpaired) electrons. The summed E-state index contributed by atoms with van der Waals surface area (Å²) < 4.78 is 64.4. The van der Waals surface area contributed by atoms with Crippen LogP contribution in [0.25, 0.3) is 21.3 Å². The highest BCUT2D eigenvalue weighted by Gasteiger charge is 2.39. The molecule has 1 aliphatic carbocycles. The Hall–Kier alpha value is -5.04. The zero-order chi connectivity index (χ0) is 36.5. The molecule has 0 unspecified atom stereocenters.